The van der Waals surface area contributed by atoms with Crippen molar-refractivity contribution in [3.05, 3.63) is 0 Å². The summed E-state index contributed by atoms with van der Waals surface area (Å²) < 4.78 is 5.34. The van der Waals surface area contributed by atoms with Gasteiger partial charge in [0.1, 0.15) is 0 Å². The zero-order valence-corrected chi connectivity index (χ0v) is 6.81. The summed E-state index contributed by atoms with van der Waals surface area (Å²) in [5.74, 6) is 0. The predicted octanol–water partition coefficient (Wildman–Crippen LogP) is 0.514. The molecule has 1 unspecified atom stereocenters. The van der Waals surface area contributed by atoms with Crippen LogP contribution in [0.25, 0.3) is 0 Å². The van der Waals surface area contributed by atoms with E-state index in [0.29, 0.717) is 5.73 Å². The summed E-state index contributed by atoms with van der Waals surface area (Å²) in [6.45, 7) is 1.02. The molecule has 0 saturated carbocycles. The first-order valence-corrected chi connectivity index (χ1v) is 4.16. The molecule has 2 heteroatoms. The Hall–Kier alpha value is 0.177. The maximum absolute atomic E-state index is 5.34. The Morgan fingerprint density at radius 1 is 1.38 bits per heavy atom. The number of ether oxygens (including phenoxy) is 1. The molecule has 1 heterocycles. The van der Waals surface area contributed by atoms with Gasteiger partial charge >= 0.3 is 0 Å². The first kappa shape index (κ1) is 8.18. The summed E-state index contributed by atoms with van der Waals surface area (Å²) in [5, 5.41) is 0. The van der Waals surface area contributed by atoms with E-state index in [-0.39, 0.29) is 7.43 Å². The molecule has 0 aromatic carbocycles. The predicted molar refractivity (Wildman–Crippen MR) is 40.3 cm³/mol. The normalized spacial score (nSPS) is 29.2. The first-order chi connectivity index (χ1) is 3.39. The van der Waals surface area contributed by atoms with Gasteiger partial charge in [0.2, 0.25) is 0 Å². The third kappa shape index (κ3) is 2.48. The summed E-state index contributed by atoms with van der Waals surface area (Å²) >= 11 is 0. The first-order valence-electron chi connectivity index (χ1n) is 3.01. The molecule has 0 aromatic rings. The van der Waals surface area contributed by atoms with Crippen LogP contribution in [0, 0.1) is 0 Å². The molecule has 0 bridgehead atoms. The highest BCUT2D eigenvalue weighted by Gasteiger charge is 2.05. The van der Waals surface area contributed by atoms with Crippen LogP contribution < -0.4 is 0 Å². The van der Waals surface area contributed by atoms with Crippen LogP contribution in [0.15, 0.2) is 0 Å². The number of hydrogen-bond donors (Lipinski definition) is 0. The molecule has 1 rings (SSSR count). The Balaban J connectivity index is 0.000000490. The second kappa shape index (κ2) is 4.10. The molecule has 1 atom stereocenters. The van der Waals surface area contributed by atoms with Crippen molar-refractivity contribution in [3.8, 4) is 0 Å². The van der Waals surface area contributed by atoms with Crippen molar-refractivity contribution in [3.63, 3.8) is 0 Å². The Labute approximate surface area is 54.8 Å². The highest BCUT2D eigenvalue weighted by molar-refractivity contribution is 6.10. The van der Waals surface area contributed by atoms with Gasteiger partial charge in [0.25, 0.3) is 0 Å². The Kier molecular flexibility index (Phi) is 4.19. The fraction of sp³-hybridized carbons (Fsp3) is 1.00. The molecule has 50 valence electrons. The van der Waals surface area contributed by atoms with E-state index in [1.165, 1.54) is 29.5 Å². The van der Waals surface area contributed by atoms with Gasteiger partial charge in [0.15, 0.2) is 0 Å². The number of rotatable bonds is 0. The molecule has 0 N–H and O–H groups in total. The van der Waals surface area contributed by atoms with E-state index in [2.05, 4.69) is 0 Å². The third-order valence-corrected chi connectivity index (χ3v) is 2.32. The van der Waals surface area contributed by atoms with Gasteiger partial charge in [-0.3, -0.25) is 0 Å². The highest BCUT2D eigenvalue weighted by Crippen LogP contribution is 2.08. The van der Waals surface area contributed by atoms with Crippen LogP contribution >= 0.6 is 0 Å². The maximum Gasteiger partial charge on any atom is 0.0465 e. The Bertz CT molecular complexity index is 50.5. The van der Waals surface area contributed by atoms with E-state index in [4.69, 9.17) is 4.74 Å². The van der Waals surface area contributed by atoms with Crippen molar-refractivity contribution in [2.75, 3.05) is 6.61 Å². The molecule has 0 aromatic heterocycles. The Morgan fingerprint density at radius 3 is 2.38 bits per heavy atom. The van der Waals surface area contributed by atoms with Crippen LogP contribution in [0.3, 0.4) is 0 Å². The van der Waals surface area contributed by atoms with Crippen LogP contribution in [0.5, 0.6) is 0 Å². The fourth-order valence-corrected chi connectivity index (χ4v) is 1.55. The van der Waals surface area contributed by atoms with E-state index < -0.39 is 0 Å². The molecule has 0 aliphatic carbocycles. The maximum atomic E-state index is 5.34. The van der Waals surface area contributed by atoms with Gasteiger partial charge in [-0.15, -0.1) is 0 Å². The topological polar surface area (TPSA) is 9.23 Å². The molecule has 1 aliphatic rings. The molecule has 0 radical (unpaired) electrons. The summed E-state index contributed by atoms with van der Waals surface area (Å²) in [5.41, 5.74) is 0.675. The van der Waals surface area contributed by atoms with Crippen molar-refractivity contribution in [2.45, 2.75) is 32.4 Å². The van der Waals surface area contributed by atoms with Crippen molar-refractivity contribution < 1.29 is 4.74 Å². The lowest BCUT2D eigenvalue weighted by Crippen LogP contribution is -2.18. The average molecular weight is 132 g/mol. The molecule has 0 spiro atoms. The van der Waals surface area contributed by atoms with Crippen molar-refractivity contribution in [2.24, 2.45) is 0 Å². The lowest BCUT2D eigenvalue weighted by molar-refractivity contribution is 0.0675. The smallest absolute Gasteiger partial charge is 0.0465 e. The second-order valence-electron chi connectivity index (χ2n) is 2.18. The largest absolute Gasteiger partial charge is 0.383 e. The van der Waals surface area contributed by atoms with E-state index in [9.17, 15) is 0 Å². The number of hydrogen-bond acceptors (Lipinski definition) is 1. The van der Waals surface area contributed by atoms with Gasteiger partial charge in [0, 0.05) is 22.6 Å². The van der Waals surface area contributed by atoms with Crippen LogP contribution in [0.1, 0.15) is 26.7 Å². The van der Waals surface area contributed by atoms with Crippen LogP contribution in [0.4, 0.5) is 0 Å². The van der Waals surface area contributed by atoms with Gasteiger partial charge in [-0.25, -0.2) is 0 Å². The molecular formula is C6H16OSi. The zero-order valence-electron chi connectivity index (χ0n) is 4.81. The standard InChI is InChI=1S/C5H12OSi.CH4/c7-5-3-1-2-4-6-5;/h5H,1-4H2,7H3;1H4. The lowest BCUT2D eigenvalue weighted by Gasteiger charge is -2.17. The minimum Gasteiger partial charge on any atom is -0.383 e. The summed E-state index contributed by atoms with van der Waals surface area (Å²) in [4.78, 5) is 0. The van der Waals surface area contributed by atoms with E-state index in [0.717, 1.165) is 6.61 Å². The quantitative estimate of drug-likeness (QED) is 0.437. The van der Waals surface area contributed by atoms with Gasteiger partial charge in [-0.05, 0) is 19.3 Å². The van der Waals surface area contributed by atoms with Crippen LogP contribution in [-0.4, -0.2) is 22.6 Å². The summed E-state index contributed by atoms with van der Waals surface area (Å²) in [6, 6.07) is 0. The van der Waals surface area contributed by atoms with E-state index >= 15 is 0 Å². The fourth-order valence-electron chi connectivity index (χ4n) is 0.902. The molecule has 8 heavy (non-hydrogen) atoms. The zero-order chi connectivity index (χ0) is 5.11. The third-order valence-electron chi connectivity index (χ3n) is 1.41. The lowest BCUT2D eigenvalue weighted by atomic mass is 10.2. The van der Waals surface area contributed by atoms with Gasteiger partial charge in [-0.2, -0.15) is 0 Å². The monoisotopic (exact) mass is 132 g/mol. The van der Waals surface area contributed by atoms with Gasteiger partial charge < -0.3 is 4.74 Å². The molecule has 0 amide bonds. The Morgan fingerprint density at radius 2 is 2.12 bits per heavy atom. The van der Waals surface area contributed by atoms with Crippen LogP contribution in [0.2, 0.25) is 0 Å². The van der Waals surface area contributed by atoms with Gasteiger partial charge in [0.05, 0.1) is 0 Å². The van der Waals surface area contributed by atoms with Crippen molar-refractivity contribution in [1.82, 2.24) is 0 Å². The minimum absolute atomic E-state index is 0. The SMILES string of the molecule is C.[SiH3]C1CCCCO1. The van der Waals surface area contributed by atoms with Crippen molar-refractivity contribution >= 4 is 10.2 Å². The molecule has 1 saturated heterocycles. The molecule has 1 aliphatic heterocycles. The molecule has 1 nitrogen and oxygen atoms in total. The van der Waals surface area contributed by atoms with Crippen LogP contribution in [-0.2, 0) is 4.74 Å². The highest BCUT2D eigenvalue weighted by atomic mass is 28.1. The molecular weight excluding hydrogens is 116 g/mol. The van der Waals surface area contributed by atoms with E-state index in [1.807, 2.05) is 0 Å². The minimum atomic E-state index is 0. The second-order valence-corrected chi connectivity index (χ2v) is 3.47. The summed E-state index contributed by atoms with van der Waals surface area (Å²) in [6.07, 6.45) is 4.01. The van der Waals surface area contributed by atoms with E-state index in [1.54, 1.807) is 0 Å². The van der Waals surface area contributed by atoms with Crippen molar-refractivity contribution in [1.29, 1.82) is 0 Å². The summed E-state index contributed by atoms with van der Waals surface area (Å²) in [7, 11) is 1.23. The van der Waals surface area contributed by atoms with Gasteiger partial charge in [-0.1, -0.05) is 7.43 Å². The average Bonchev–Trinajstić information content (AvgIpc) is 1.69. The molecule has 1 fully saturated rings.